The molecule has 0 saturated carbocycles. The largest absolute Gasteiger partial charge is 0.357 e. The minimum atomic E-state index is 0.838. The smallest absolute Gasteiger partial charge is 0.125 e. The van der Waals surface area contributed by atoms with Gasteiger partial charge in [0.15, 0.2) is 0 Å². The molecule has 0 atom stereocenters. The van der Waals surface area contributed by atoms with Gasteiger partial charge in [0.25, 0.3) is 0 Å². The number of aromatic nitrogens is 6. The van der Waals surface area contributed by atoms with E-state index in [0.717, 1.165) is 27.9 Å². The van der Waals surface area contributed by atoms with E-state index in [1.807, 2.05) is 76.3 Å². The highest BCUT2D eigenvalue weighted by atomic mass is 32.1. The molecule has 5 rings (SSSR count). The molecule has 5 aromatic rings. The molecule has 0 amide bonds. The molecule has 0 aliphatic carbocycles. The van der Waals surface area contributed by atoms with Crippen LogP contribution in [-0.2, 0) is 14.1 Å². The molecule has 0 saturated heterocycles. The van der Waals surface area contributed by atoms with Crippen LogP contribution >= 0.6 is 11.3 Å². The molecule has 198 valence electrons. The summed E-state index contributed by atoms with van der Waals surface area (Å²) in [6, 6.07) is 12.4. The number of hydrogen-bond donors (Lipinski definition) is 0. The molecule has 0 aliphatic heterocycles. The molecule has 0 spiro atoms. The van der Waals surface area contributed by atoms with Crippen LogP contribution in [0.1, 0.15) is 44.6 Å². The van der Waals surface area contributed by atoms with E-state index in [-0.39, 0.29) is 0 Å². The van der Waals surface area contributed by atoms with E-state index in [2.05, 4.69) is 82.6 Å². The van der Waals surface area contributed by atoms with Crippen LogP contribution in [0.25, 0.3) is 0 Å². The number of benzene rings is 1. The summed E-state index contributed by atoms with van der Waals surface area (Å²) in [7, 11) is 3.98. The Hall–Kier alpha value is -3.58. The number of hydrogen-bond acceptors (Lipinski definition) is 5. The van der Waals surface area contributed by atoms with Crippen molar-refractivity contribution in [3.63, 3.8) is 0 Å². The summed E-state index contributed by atoms with van der Waals surface area (Å²) in [6.07, 6.45) is 9.64. The highest BCUT2D eigenvalue weighted by molar-refractivity contribution is 7.09. The van der Waals surface area contributed by atoms with E-state index in [0.29, 0.717) is 0 Å². The number of aryl methyl sites for hydroxylation is 10. The third-order valence-corrected chi connectivity index (χ3v) is 5.53. The predicted octanol–water partition coefficient (Wildman–Crippen LogP) is 7.22. The van der Waals surface area contributed by atoms with Crippen molar-refractivity contribution in [2.45, 2.75) is 55.4 Å². The van der Waals surface area contributed by atoms with Crippen LogP contribution in [0, 0.1) is 55.4 Å². The van der Waals surface area contributed by atoms with Crippen molar-refractivity contribution in [1.82, 2.24) is 29.1 Å². The molecule has 0 aliphatic rings. The fraction of sp³-hybridized carbons (Fsp3) is 0.333. The second kappa shape index (κ2) is 17.0. The summed E-state index contributed by atoms with van der Waals surface area (Å²) in [5, 5.41) is 3.20. The quantitative estimate of drug-likeness (QED) is 0.217. The lowest BCUT2D eigenvalue weighted by atomic mass is 10.2. The van der Waals surface area contributed by atoms with Gasteiger partial charge in [0, 0.05) is 55.7 Å². The third kappa shape index (κ3) is 15.9. The molecule has 0 fully saturated rings. The molecule has 4 heterocycles. The summed E-state index contributed by atoms with van der Waals surface area (Å²) in [6.45, 7) is 16.1. The van der Waals surface area contributed by atoms with Crippen molar-refractivity contribution in [1.29, 1.82) is 0 Å². The molecule has 6 nitrogen and oxygen atoms in total. The normalized spacial score (nSPS) is 9.35. The molecule has 7 heteroatoms. The number of rotatable bonds is 0. The summed E-state index contributed by atoms with van der Waals surface area (Å²) in [4.78, 5) is 16.1. The van der Waals surface area contributed by atoms with Crippen molar-refractivity contribution in [3.8, 4) is 0 Å². The minimum Gasteiger partial charge on any atom is -0.357 e. The van der Waals surface area contributed by atoms with Gasteiger partial charge in [-0.25, -0.2) is 19.9 Å². The van der Waals surface area contributed by atoms with Crippen molar-refractivity contribution in [2.24, 2.45) is 14.1 Å². The topological polar surface area (TPSA) is 61.4 Å². The van der Waals surface area contributed by atoms with Gasteiger partial charge in [0.1, 0.15) is 5.82 Å². The van der Waals surface area contributed by atoms with Gasteiger partial charge >= 0.3 is 0 Å². The van der Waals surface area contributed by atoms with E-state index in [1.165, 1.54) is 16.7 Å². The zero-order chi connectivity index (χ0) is 27.8. The SMILES string of the molecule is Cc1cccc(C)c1.Cc1ccn(C)c1.Cc1ccnc(C)n1.Cc1cn(C)cn1.Cc1csc(C)n1. The van der Waals surface area contributed by atoms with Gasteiger partial charge in [-0.3, -0.25) is 0 Å². The first-order valence-corrected chi connectivity index (χ1v) is 13.0. The molecule has 0 radical (unpaired) electrons. The third-order valence-electron chi connectivity index (χ3n) is 4.64. The zero-order valence-corrected chi connectivity index (χ0v) is 24.8. The Morgan fingerprint density at radius 1 is 0.649 bits per heavy atom. The summed E-state index contributed by atoms with van der Waals surface area (Å²) in [5.41, 5.74) is 7.22. The highest BCUT2D eigenvalue weighted by Crippen LogP contribution is 2.05. The Bertz CT molecular complexity index is 1080. The first-order chi connectivity index (χ1) is 17.4. The molecule has 1 aromatic carbocycles. The van der Waals surface area contributed by atoms with Crippen molar-refractivity contribution in [2.75, 3.05) is 0 Å². The second-order valence-corrected chi connectivity index (χ2v) is 10.0. The van der Waals surface area contributed by atoms with E-state index in [9.17, 15) is 0 Å². The maximum absolute atomic E-state index is 4.13. The molecule has 0 bridgehead atoms. The lowest BCUT2D eigenvalue weighted by molar-refractivity contribution is 0.913. The Morgan fingerprint density at radius 2 is 1.32 bits per heavy atom. The average Bonchev–Trinajstić information content (AvgIpc) is 3.50. The summed E-state index contributed by atoms with van der Waals surface area (Å²) < 4.78 is 3.96. The molecular weight excluding hydrogens is 476 g/mol. The second-order valence-electron chi connectivity index (χ2n) is 8.95. The minimum absolute atomic E-state index is 0.838. The van der Waals surface area contributed by atoms with Gasteiger partial charge in [0.2, 0.25) is 0 Å². The maximum atomic E-state index is 4.13. The number of nitrogens with zero attached hydrogens (tertiary/aromatic N) is 6. The fourth-order valence-corrected chi connectivity index (χ4v) is 3.63. The zero-order valence-electron chi connectivity index (χ0n) is 24.0. The Morgan fingerprint density at radius 3 is 1.54 bits per heavy atom. The lowest BCUT2D eigenvalue weighted by Crippen LogP contribution is -1.86. The first-order valence-electron chi connectivity index (χ1n) is 12.2. The van der Waals surface area contributed by atoms with Gasteiger partial charge in [0.05, 0.1) is 17.0 Å². The van der Waals surface area contributed by atoms with Crippen LogP contribution in [0.4, 0.5) is 0 Å². The van der Waals surface area contributed by atoms with Crippen LogP contribution in [-0.4, -0.2) is 29.1 Å². The standard InChI is InChI=1S/C8H10.C6H8N2.C6H9N.C5H8N2.C5H7NS/c1-7-4-3-5-8(2)6-7;1-5-3-4-7-6(2)8-5;1-6-3-4-7(2)5-6;1-5-3-7(2)4-6-5;1-4-3-7-5(2)6-4/h3-6H,1-2H3;3-4H,1-2H3;3-5H,1-2H3;3-4H,1-2H3;3H,1-2H3. The van der Waals surface area contributed by atoms with E-state index in [4.69, 9.17) is 0 Å². The molecule has 4 aromatic heterocycles. The Balaban J connectivity index is 0.000000232. The van der Waals surface area contributed by atoms with Gasteiger partial charge in [-0.15, -0.1) is 11.3 Å². The number of imidazole rings is 1. The average molecular weight is 519 g/mol. The van der Waals surface area contributed by atoms with Gasteiger partial charge in [-0.05, 0) is 73.1 Å². The van der Waals surface area contributed by atoms with Crippen LogP contribution < -0.4 is 0 Å². The molecule has 0 N–H and O–H groups in total. The highest BCUT2D eigenvalue weighted by Gasteiger charge is 1.86. The van der Waals surface area contributed by atoms with Crippen LogP contribution in [0.15, 0.2) is 72.9 Å². The maximum Gasteiger partial charge on any atom is 0.125 e. The number of thiazole rings is 1. The van der Waals surface area contributed by atoms with E-state index >= 15 is 0 Å². The van der Waals surface area contributed by atoms with Gasteiger partial charge in [-0.1, -0.05) is 35.4 Å². The molecule has 0 unspecified atom stereocenters. The molecular formula is C30H42N6S. The van der Waals surface area contributed by atoms with E-state index in [1.54, 1.807) is 23.9 Å². The first kappa shape index (κ1) is 31.4. The molecule has 37 heavy (non-hydrogen) atoms. The van der Waals surface area contributed by atoms with Crippen LogP contribution in [0.5, 0.6) is 0 Å². The van der Waals surface area contributed by atoms with Crippen molar-refractivity contribution in [3.05, 3.63) is 117 Å². The van der Waals surface area contributed by atoms with Gasteiger partial charge < -0.3 is 9.13 Å². The van der Waals surface area contributed by atoms with Crippen molar-refractivity contribution < 1.29 is 0 Å². The summed E-state index contributed by atoms with van der Waals surface area (Å²) >= 11 is 1.69. The van der Waals surface area contributed by atoms with Crippen molar-refractivity contribution >= 4 is 11.3 Å². The Kier molecular flexibility index (Phi) is 14.4. The predicted molar refractivity (Wildman–Crippen MR) is 157 cm³/mol. The van der Waals surface area contributed by atoms with E-state index < -0.39 is 0 Å². The fourth-order valence-electron chi connectivity index (χ4n) is 3.04. The van der Waals surface area contributed by atoms with Crippen LogP contribution in [0.3, 0.4) is 0 Å². The lowest BCUT2D eigenvalue weighted by Gasteiger charge is -1.90. The van der Waals surface area contributed by atoms with Crippen LogP contribution in [0.2, 0.25) is 0 Å². The van der Waals surface area contributed by atoms with Gasteiger partial charge in [-0.2, -0.15) is 0 Å². The Labute approximate surface area is 227 Å². The summed E-state index contributed by atoms with van der Waals surface area (Å²) in [5.74, 6) is 0.838. The monoisotopic (exact) mass is 518 g/mol.